The number of aryl methyl sites for hydroxylation is 1. The van der Waals surface area contributed by atoms with Crippen LogP contribution in [0.5, 0.6) is 0 Å². The van der Waals surface area contributed by atoms with Gasteiger partial charge in [-0.1, -0.05) is 24.3 Å². The largest absolute Gasteiger partial charge is 0.295 e. The maximum Gasteiger partial charge on any atom is 0.0331 e. The third kappa shape index (κ3) is 2.79. The molecule has 3 aliphatic rings. The van der Waals surface area contributed by atoms with Crippen LogP contribution in [0.25, 0.3) is 0 Å². The molecular weight excluding hydrogens is 274 g/mol. The van der Waals surface area contributed by atoms with Gasteiger partial charge in [-0.2, -0.15) is 0 Å². The predicted octanol–water partition coefficient (Wildman–Crippen LogP) is 4.44. The average molecular weight is 297 g/mol. The fourth-order valence-electron chi connectivity index (χ4n) is 4.06. The maximum absolute atomic E-state index is 2.76. The van der Waals surface area contributed by atoms with Gasteiger partial charge in [-0.05, 0) is 61.8 Å². The summed E-state index contributed by atoms with van der Waals surface area (Å²) in [6.45, 7) is 4.65. The van der Waals surface area contributed by atoms with E-state index in [9.17, 15) is 0 Å². The summed E-state index contributed by atoms with van der Waals surface area (Å²) in [5.41, 5.74) is 3.21. The Hall–Kier alpha value is -1.12. The summed E-state index contributed by atoms with van der Waals surface area (Å²) >= 11 is 1.96. The third-order valence-corrected chi connectivity index (χ3v) is 6.14. The Kier molecular flexibility index (Phi) is 3.60. The molecule has 0 unspecified atom stereocenters. The number of nitrogens with zero attached hydrogens (tertiary/aromatic N) is 1. The second-order valence-electron chi connectivity index (χ2n) is 6.72. The van der Waals surface area contributed by atoms with Crippen molar-refractivity contribution in [2.24, 2.45) is 5.92 Å². The third-order valence-electron chi connectivity index (χ3n) is 5.15. The molecule has 2 atom stereocenters. The molecule has 21 heavy (non-hydrogen) atoms. The van der Waals surface area contributed by atoms with Crippen molar-refractivity contribution in [2.45, 2.75) is 45.2 Å². The zero-order chi connectivity index (χ0) is 14.2. The Morgan fingerprint density at radius 1 is 1.05 bits per heavy atom. The summed E-state index contributed by atoms with van der Waals surface area (Å²) in [5, 5.41) is 0. The van der Waals surface area contributed by atoms with Gasteiger partial charge in [0.05, 0.1) is 0 Å². The van der Waals surface area contributed by atoms with E-state index in [4.69, 9.17) is 0 Å². The summed E-state index contributed by atoms with van der Waals surface area (Å²) in [5.74, 6) is 0.851. The summed E-state index contributed by atoms with van der Waals surface area (Å²) in [6.07, 6.45) is 5.32. The van der Waals surface area contributed by atoms with Crippen LogP contribution in [0.3, 0.4) is 0 Å². The monoisotopic (exact) mass is 297 g/mol. The lowest BCUT2D eigenvalue weighted by Gasteiger charge is -2.42. The smallest absolute Gasteiger partial charge is 0.0331 e. The molecule has 0 saturated carbocycles. The molecule has 0 spiro atoms. The van der Waals surface area contributed by atoms with E-state index in [1.54, 1.807) is 11.1 Å². The normalized spacial score (nSPS) is 25.4. The minimum absolute atomic E-state index is 0.741. The van der Waals surface area contributed by atoms with Crippen molar-refractivity contribution in [3.63, 3.8) is 0 Å². The lowest BCUT2D eigenvalue weighted by Crippen LogP contribution is -2.45. The SMILES string of the molecule is Cc1ccc(CN2C[C@@H]3CC[C@@H]2Cc2ccccc2C3)s1. The summed E-state index contributed by atoms with van der Waals surface area (Å²) in [7, 11) is 0. The predicted molar refractivity (Wildman–Crippen MR) is 89.8 cm³/mol. The van der Waals surface area contributed by atoms with E-state index in [0.717, 1.165) is 18.5 Å². The Morgan fingerprint density at radius 2 is 1.86 bits per heavy atom. The van der Waals surface area contributed by atoms with E-state index < -0.39 is 0 Å². The van der Waals surface area contributed by atoms with Crippen LogP contribution in [0.15, 0.2) is 36.4 Å². The van der Waals surface area contributed by atoms with Crippen molar-refractivity contribution in [1.82, 2.24) is 4.90 Å². The van der Waals surface area contributed by atoms with Crippen molar-refractivity contribution < 1.29 is 0 Å². The van der Waals surface area contributed by atoms with Crippen LogP contribution in [-0.2, 0) is 19.4 Å². The van der Waals surface area contributed by atoms with Crippen molar-refractivity contribution >= 4 is 11.3 Å². The summed E-state index contributed by atoms with van der Waals surface area (Å²) < 4.78 is 0. The first-order valence-corrected chi connectivity index (χ1v) is 8.96. The van der Waals surface area contributed by atoms with Crippen molar-refractivity contribution in [3.8, 4) is 0 Å². The summed E-state index contributed by atoms with van der Waals surface area (Å²) in [4.78, 5) is 5.73. The molecule has 5 rings (SSSR count). The lowest BCUT2D eigenvalue weighted by molar-refractivity contribution is 0.0948. The Morgan fingerprint density at radius 3 is 2.62 bits per heavy atom. The fraction of sp³-hybridized carbons (Fsp3) is 0.474. The molecule has 1 aromatic carbocycles. The van der Waals surface area contributed by atoms with Gasteiger partial charge in [-0.3, -0.25) is 4.90 Å². The van der Waals surface area contributed by atoms with Crippen molar-refractivity contribution in [1.29, 1.82) is 0 Å². The Labute approximate surface area is 131 Å². The van der Waals surface area contributed by atoms with Gasteiger partial charge in [0.1, 0.15) is 0 Å². The van der Waals surface area contributed by atoms with Gasteiger partial charge in [0.15, 0.2) is 0 Å². The number of fused-ring (bicyclic) bond motifs is 2. The van der Waals surface area contributed by atoms with Crippen LogP contribution in [-0.4, -0.2) is 17.5 Å². The van der Waals surface area contributed by atoms with Crippen LogP contribution in [0.1, 0.15) is 33.7 Å². The first-order valence-electron chi connectivity index (χ1n) is 8.14. The molecule has 2 heteroatoms. The van der Waals surface area contributed by atoms with Gasteiger partial charge in [-0.15, -0.1) is 11.3 Å². The highest BCUT2D eigenvalue weighted by atomic mass is 32.1. The molecule has 2 bridgehead atoms. The van der Waals surface area contributed by atoms with Crippen LogP contribution in [0.2, 0.25) is 0 Å². The van der Waals surface area contributed by atoms with Gasteiger partial charge in [-0.25, -0.2) is 0 Å². The molecule has 0 amide bonds. The van der Waals surface area contributed by atoms with Crippen molar-refractivity contribution in [3.05, 3.63) is 57.3 Å². The first kappa shape index (κ1) is 13.5. The zero-order valence-corrected chi connectivity index (χ0v) is 13.5. The van der Waals surface area contributed by atoms with E-state index in [2.05, 4.69) is 48.2 Å². The second kappa shape index (κ2) is 5.58. The molecule has 2 aromatic rings. The van der Waals surface area contributed by atoms with Gasteiger partial charge in [0.25, 0.3) is 0 Å². The number of benzene rings is 1. The maximum atomic E-state index is 2.76. The Balaban J connectivity index is 1.58. The molecule has 1 fully saturated rings. The summed E-state index contributed by atoms with van der Waals surface area (Å²) in [6, 6.07) is 14.4. The van der Waals surface area contributed by atoms with E-state index in [0.29, 0.717) is 0 Å². The number of hydrogen-bond acceptors (Lipinski definition) is 2. The number of thiophene rings is 1. The molecule has 2 aliphatic heterocycles. The number of rotatable bonds is 2. The van der Waals surface area contributed by atoms with Gasteiger partial charge < -0.3 is 0 Å². The molecule has 0 radical (unpaired) electrons. The van der Waals surface area contributed by atoms with Crippen LogP contribution in [0.4, 0.5) is 0 Å². The standard InChI is InChI=1S/C19H23NS/c1-14-6-9-19(21-14)13-20-12-15-7-8-18(20)11-17-5-3-2-4-16(17)10-15/h2-6,9,15,18H,7-8,10-13H2,1H3/t15-,18-/m1/s1. The highest BCUT2D eigenvalue weighted by molar-refractivity contribution is 7.11. The van der Waals surface area contributed by atoms with Crippen LogP contribution in [0, 0.1) is 12.8 Å². The molecule has 3 heterocycles. The molecular formula is C19H23NS. The molecule has 0 N–H and O–H groups in total. The highest BCUT2D eigenvalue weighted by Gasteiger charge is 2.31. The minimum atomic E-state index is 0.741. The second-order valence-corrected chi connectivity index (χ2v) is 8.09. The van der Waals surface area contributed by atoms with Gasteiger partial charge in [0.2, 0.25) is 0 Å². The molecule has 1 aliphatic carbocycles. The quantitative estimate of drug-likeness (QED) is 0.792. The van der Waals surface area contributed by atoms with Gasteiger partial charge in [0, 0.05) is 28.9 Å². The van der Waals surface area contributed by atoms with E-state index >= 15 is 0 Å². The zero-order valence-electron chi connectivity index (χ0n) is 12.7. The minimum Gasteiger partial charge on any atom is -0.295 e. The van der Waals surface area contributed by atoms with Crippen molar-refractivity contribution in [2.75, 3.05) is 6.54 Å². The first-order chi connectivity index (χ1) is 10.3. The van der Waals surface area contributed by atoms with E-state index in [1.165, 1.54) is 42.0 Å². The Bertz CT molecular complexity index is 630. The lowest BCUT2D eigenvalue weighted by atomic mass is 9.80. The van der Waals surface area contributed by atoms with Gasteiger partial charge >= 0.3 is 0 Å². The van der Waals surface area contributed by atoms with E-state index in [-0.39, 0.29) is 0 Å². The molecule has 1 nitrogen and oxygen atoms in total. The topological polar surface area (TPSA) is 3.24 Å². The molecule has 1 saturated heterocycles. The molecule has 110 valence electrons. The molecule has 1 aromatic heterocycles. The van der Waals surface area contributed by atoms with Crippen LogP contribution < -0.4 is 0 Å². The number of hydrogen-bond donors (Lipinski definition) is 0. The average Bonchev–Trinajstić information content (AvgIpc) is 2.85. The fourth-order valence-corrected chi connectivity index (χ4v) is 4.98. The van der Waals surface area contributed by atoms with E-state index in [1.807, 2.05) is 11.3 Å². The number of piperidine rings is 1. The van der Waals surface area contributed by atoms with Crippen LogP contribution >= 0.6 is 11.3 Å². The highest BCUT2D eigenvalue weighted by Crippen LogP contribution is 2.33.